The predicted molar refractivity (Wildman–Crippen MR) is 89.3 cm³/mol. The van der Waals surface area contributed by atoms with E-state index in [2.05, 4.69) is 30.4 Å². The molecule has 1 atom stereocenters. The normalized spacial score (nSPS) is 20.4. The summed E-state index contributed by atoms with van der Waals surface area (Å²) in [5.41, 5.74) is 0. The lowest BCUT2D eigenvalue weighted by atomic mass is 10.2. The average molecular weight is 332 g/mol. The Morgan fingerprint density at radius 3 is 2.50 bits per heavy atom. The molecule has 0 bridgehead atoms. The van der Waals surface area contributed by atoms with Crippen LogP contribution in [0.3, 0.4) is 0 Å². The Bertz CT molecular complexity index is 569. The quantitative estimate of drug-likeness (QED) is 0.743. The summed E-state index contributed by atoms with van der Waals surface area (Å²) in [5.74, 6) is 0.323. The lowest BCUT2D eigenvalue weighted by Gasteiger charge is -2.37. The number of carbonyl (C=O) groups is 2. The smallest absolute Gasteiger partial charge is 0.243 e. The summed E-state index contributed by atoms with van der Waals surface area (Å²) >= 11 is 0. The third-order valence-corrected chi connectivity index (χ3v) is 4.44. The van der Waals surface area contributed by atoms with Gasteiger partial charge in [-0.05, 0) is 25.8 Å². The highest BCUT2D eigenvalue weighted by Gasteiger charge is 2.28. The van der Waals surface area contributed by atoms with Crippen molar-refractivity contribution in [1.29, 1.82) is 0 Å². The molecule has 1 unspecified atom stereocenters. The predicted octanol–water partition coefficient (Wildman–Crippen LogP) is -0.300. The Morgan fingerprint density at radius 2 is 1.88 bits per heavy atom. The zero-order chi connectivity index (χ0) is 16.9. The molecule has 8 heteroatoms. The molecule has 0 aromatic carbocycles. The maximum atomic E-state index is 12.3. The van der Waals surface area contributed by atoms with Gasteiger partial charge >= 0.3 is 0 Å². The molecule has 1 aromatic rings. The minimum atomic E-state index is -0.253. The highest BCUT2D eigenvalue weighted by atomic mass is 16.2. The lowest BCUT2D eigenvalue weighted by molar-refractivity contribution is -0.124. The molecular formula is C16H24N6O2. The van der Waals surface area contributed by atoms with Gasteiger partial charge in [-0.1, -0.05) is 0 Å². The van der Waals surface area contributed by atoms with Gasteiger partial charge in [-0.15, -0.1) is 0 Å². The average Bonchev–Trinajstić information content (AvgIpc) is 3.39. The third-order valence-electron chi connectivity index (χ3n) is 4.44. The summed E-state index contributed by atoms with van der Waals surface area (Å²) in [6.45, 7) is 5.44. The first-order chi connectivity index (χ1) is 11.6. The lowest BCUT2D eigenvalue weighted by Crippen LogP contribution is -2.54. The Kier molecular flexibility index (Phi) is 5.37. The second-order valence-corrected chi connectivity index (χ2v) is 6.39. The zero-order valence-corrected chi connectivity index (χ0v) is 13.9. The van der Waals surface area contributed by atoms with Crippen molar-refractivity contribution in [1.82, 2.24) is 25.1 Å². The molecule has 2 amide bonds. The first kappa shape index (κ1) is 16.8. The first-order valence-electron chi connectivity index (χ1n) is 8.45. The molecule has 0 radical (unpaired) electrons. The SMILES string of the molecule is CC(C(=O)Nc1ncccn1)N1CCN(CC(=O)NC2CC2)CC1. The Balaban J connectivity index is 1.41. The highest BCUT2D eigenvalue weighted by molar-refractivity contribution is 5.93. The summed E-state index contributed by atoms with van der Waals surface area (Å²) in [5, 5.41) is 5.74. The van der Waals surface area contributed by atoms with Crippen molar-refractivity contribution < 1.29 is 9.59 Å². The molecule has 1 aliphatic carbocycles. The summed E-state index contributed by atoms with van der Waals surface area (Å²) in [6.07, 6.45) is 5.41. The van der Waals surface area contributed by atoms with Crippen molar-refractivity contribution in [3.63, 3.8) is 0 Å². The van der Waals surface area contributed by atoms with Crippen LogP contribution in [-0.4, -0.2) is 76.4 Å². The van der Waals surface area contributed by atoms with Crippen LogP contribution in [0.5, 0.6) is 0 Å². The van der Waals surface area contributed by atoms with E-state index in [0.717, 1.165) is 39.0 Å². The zero-order valence-electron chi connectivity index (χ0n) is 13.9. The first-order valence-corrected chi connectivity index (χ1v) is 8.45. The monoisotopic (exact) mass is 332 g/mol. The van der Waals surface area contributed by atoms with Crippen molar-refractivity contribution in [3.05, 3.63) is 18.5 Å². The third kappa shape index (κ3) is 4.72. The molecule has 130 valence electrons. The van der Waals surface area contributed by atoms with Gasteiger partial charge in [0.15, 0.2) is 0 Å². The second-order valence-electron chi connectivity index (χ2n) is 6.39. The Labute approximate surface area is 141 Å². The molecule has 0 spiro atoms. The van der Waals surface area contributed by atoms with E-state index in [1.54, 1.807) is 18.5 Å². The molecule has 1 aromatic heterocycles. The molecule has 2 fully saturated rings. The van der Waals surface area contributed by atoms with Gasteiger partial charge in [0.2, 0.25) is 17.8 Å². The molecule has 1 saturated heterocycles. The number of nitrogens with zero attached hydrogens (tertiary/aromatic N) is 4. The number of nitrogens with one attached hydrogen (secondary N) is 2. The molecule has 1 aliphatic heterocycles. The highest BCUT2D eigenvalue weighted by Crippen LogP contribution is 2.18. The number of amides is 2. The number of hydrogen-bond donors (Lipinski definition) is 2. The van der Waals surface area contributed by atoms with Crippen LogP contribution in [0.4, 0.5) is 5.95 Å². The summed E-state index contributed by atoms with van der Waals surface area (Å²) in [7, 11) is 0. The van der Waals surface area contributed by atoms with E-state index < -0.39 is 0 Å². The fraction of sp³-hybridized carbons (Fsp3) is 0.625. The van der Waals surface area contributed by atoms with Gasteiger partial charge in [0, 0.05) is 44.6 Å². The molecule has 1 saturated carbocycles. The summed E-state index contributed by atoms with van der Waals surface area (Å²) in [6, 6.07) is 1.86. The number of rotatable bonds is 6. The van der Waals surface area contributed by atoms with Gasteiger partial charge in [-0.2, -0.15) is 0 Å². The van der Waals surface area contributed by atoms with Crippen LogP contribution in [0.25, 0.3) is 0 Å². The molecule has 8 nitrogen and oxygen atoms in total. The van der Waals surface area contributed by atoms with Crippen LogP contribution >= 0.6 is 0 Å². The van der Waals surface area contributed by atoms with Crippen molar-refractivity contribution >= 4 is 17.8 Å². The van der Waals surface area contributed by atoms with Gasteiger partial charge in [-0.3, -0.25) is 24.7 Å². The standard InChI is InChI=1S/C16H24N6O2/c1-12(15(24)20-16-17-5-2-6-18-16)22-9-7-21(8-10-22)11-14(23)19-13-3-4-13/h2,5-6,12-13H,3-4,7-11H2,1H3,(H,19,23)(H,17,18,20,24). The minimum absolute atomic E-state index is 0.109. The molecule has 24 heavy (non-hydrogen) atoms. The van der Waals surface area contributed by atoms with Gasteiger partial charge < -0.3 is 5.32 Å². The maximum absolute atomic E-state index is 12.3. The molecule has 2 aliphatic rings. The van der Waals surface area contributed by atoms with Crippen molar-refractivity contribution in [2.75, 3.05) is 38.0 Å². The molecule has 3 rings (SSSR count). The molecular weight excluding hydrogens is 308 g/mol. The van der Waals surface area contributed by atoms with E-state index in [9.17, 15) is 9.59 Å². The van der Waals surface area contributed by atoms with Crippen molar-refractivity contribution in [2.24, 2.45) is 0 Å². The number of aromatic nitrogens is 2. The van der Waals surface area contributed by atoms with Gasteiger partial charge in [0.1, 0.15) is 0 Å². The fourth-order valence-corrected chi connectivity index (χ4v) is 2.76. The molecule has 2 heterocycles. The van der Waals surface area contributed by atoms with Crippen LogP contribution in [0.1, 0.15) is 19.8 Å². The van der Waals surface area contributed by atoms with Crippen molar-refractivity contribution in [3.8, 4) is 0 Å². The van der Waals surface area contributed by atoms with Crippen molar-refractivity contribution in [2.45, 2.75) is 31.8 Å². The summed E-state index contributed by atoms with van der Waals surface area (Å²) < 4.78 is 0. The van der Waals surface area contributed by atoms with E-state index in [1.165, 1.54) is 0 Å². The topological polar surface area (TPSA) is 90.5 Å². The van der Waals surface area contributed by atoms with Crippen LogP contribution in [0, 0.1) is 0 Å². The van der Waals surface area contributed by atoms with E-state index in [0.29, 0.717) is 18.5 Å². The van der Waals surface area contributed by atoms with Crippen LogP contribution in [-0.2, 0) is 9.59 Å². The van der Waals surface area contributed by atoms with E-state index in [1.807, 2.05) is 6.92 Å². The number of hydrogen-bond acceptors (Lipinski definition) is 6. The molecule has 2 N–H and O–H groups in total. The Hall–Kier alpha value is -2.06. The van der Waals surface area contributed by atoms with Gasteiger partial charge in [-0.25, -0.2) is 9.97 Å². The van der Waals surface area contributed by atoms with Crippen LogP contribution in [0.2, 0.25) is 0 Å². The number of piperazine rings is 1. The number of carbonyl (C=O) groups excluding carboxylic acids is 2. The summed E-state index contributed by atoms with van der Waals surface area (Å²) in [4.78, 5) is 36.4. The van der Waals surface area contributed by atoms with E-state index in [4.69, 9.17) is 0 Å². The van der Waals surface area contributed by atoms with Gasteiger partial charge in [0.05, 0.1) is 12.6 Å². The van der Waals surface area contributed by atoms with Crippen LogP contribution < -0.4 is 10.6 Å². The fourth-order valence-electron chi connectivity index (χ4n) is 2.76. The van der Waals surface area contributed by atoms with E-state index >= 15 is 0 Å². The Morgan fingerprint density at radius 1 is 1.21 bits per heavy atom. The van der Waals surface area contributed by atoms with E-state index in [-0.39, 0.29) is 17.9 Å². The second kappa shape index (κ2) is 7.67. The maximum Gasteiger partial charge on any atom is 0.243 e. The minimum Gasteiger partial charge on any atom is -0.352 e. The number of anilines is 1. The van der Waals surface area contributed by atoms with Crippen LogP contribution in [0.15, 0.2) is 18.5 Å². The van der Waals surface area contributed by atoms with Gasteiger partial charge in [0.25, 0.3) is 0 Å². The largest absolute Gasteiger partial charge is 0.352 e.